The van der Waals surface area contributed by atoms with Crippen molar-refractivity contribution in [3.8, 4) is 0 Å². The highest BCUT2D eigenvalue weighted by Crippen LogP contribution is 2.44. The first-order valence-electron chi connectivity index (χ1n) is 22.9. The number of likely N-dealkylation sites (N-methyl/N-ethyl adjacent to an activating group) is 2. The van der Waals surface area contributed by atoms with Crippen LogP contribution in [0.3, 0.4) is 0 Å². The van der Waals surface area contributed by atoms with Crippen LogP contribution in [-0.4, -0.2) is 136 Å². The molecule has 6 aromatic rings. The maximum absolute atomic E-state index is 13.7. The Bertz CT molecular complexity index is 3030. The number of H-pyrrole nitrogens is 2. The van der Waals surface area contributed by atoms with Crippen molar-refractivity contribution in [3.05, 3.63) is 142 Å². The van der Waals surface area contributed by atoms with Crippen molar-refractivity contribution >= 4 is 102 Å². The third-order valence-electron chi connectivity index (χ3n) is 11.5. The van der Waals surface area contributed by atoms with Crippen LogP contribution < -0.4 is 9.44 Å². The van der Waals surface area contributed by atoms with E-state index in [1.165, 1.54) is 37.4 Å². The summed E-state index contributed by atoms with van der Waals surface area (Å²) in [6, 6.07) is 23.3. The molecule has 1 atom stereocenters. The fourth-order valence-corrected chi connectivity index (χ4v) is 9.63. The molecule has 0 aliphatic heterocycles. The van der Waals surface area contributed by atoms with E-state index in [1.807, 2.05) is 102 Å². The van der Waals surface area contributed by atoms with Gasteiger partial charge in [-0.3, -0.25) is 14.4 Å². The summed E-state index contributed by atoms with van der Waals surface area (Å²) in [4.78, 5) is 41.9. The van der Waals surface area contributed by atoms with Gasteiger partial charge in [-0.25, -0.2) is 30.7 Å². The van der Waals surface area contributed by atoms with Gasteiger partial charge in [0.25, 0.3) is 0 Å². The Labute approximate surface area is 442 Å². The third-order valence-corrected chi connectivity index (χ3v) is 15.1. The quantitative estimate of drug-likeness (QED) is 0.0386. The van der Waals surface area contributed by atoms with E-state index >= 15 is 0 Å². The van der Waals surface area contributed by atoms with Crippen molar-refractivity contribution in [1.82, 2.24) is 29.2 Å². The topological polar surface area (TPSA) is 265 Å². The third kappa shape index (κ3) is 19.5. The second kappa shape index (κ2) is 28.7. The second-order valence-corrected chi connectivity index (χ2v) is 22.9. The van der Waals surface area contributed by atoms with E-state index in [1.54, 1.807) is 24.5 Å². The van der Waals surface area contributed by atoms with Crippen LogP contribution in [0, 0.1) is 5.82 Å². The molecule has 2 heterocycles. The fraction of sp³-hybridized carbons (Fsp3) is 0.327. The first-order chi connectivity index (χ1) is 34.3. The normalized spacial score (nSPS) is 13.1. The molecule has 1 unspecified atom stereocenters. The molecule has 7 rings (SSSR count). The summed E-state index contributed by atoms with van der Waals surface area (Å²) in [5, 5.41) is 27.2. The first-order valence-corrected chi connectivity index (χ1v) is 27.8. The summed E-state index contributed by atoms with van der Waals surface area (Å²) in [6.45, 7) is 3.79. The molecule has 0 saturated heterocycles. The minimum atomic E-state index is -3.23. The van der Waals surface area contributed by atoms with Crippen molar-refractivity contribution in [2.24, 2.45) is 0 Å². The maximum Gasteiger partial charge on any atom is 0.307 e. The van der Waals surface area contributed by atoms with Crippen LogP contribution in [0.2, 0.25) is 0 Å². The number of halogens is 1. The van der Waals surface area contributed by atoms with E-state index in [-0.39, 0.29) is 50.1 Å². The SMILES string of the molecule is CC1=C(CC(=O)O)c2cc(F)ccc2/C1=C\c1ccc([S+](C)[O-])cc1.CNS(=O)(=O)Cc1ccc2[nH]cc(CCN(C)C)c2c1.CNS(=O)(=O)Cc1ccc2[nH]cc(CCN(C)C)c2c1.O=C(O)CCC(=O)O.[S]. The van der Waals surface area contributed by atoms with Crippen LogP contribution >= 0.6 is 13.5 Å². The Hall–Kier alpha value is -5.82. The van der Waals surface area contributed by atoms with Crippen molar-refractivity contribution in [2.75, 3.05) is 61.6 Å². The zero-order valence-electron chi connectivity index (χ0n) is 42.6. The molecule has 400 valence electrons. The zero-order valence-corrected chi connectivity index (χ0v) is 45.9. The fourth-order valence-electron chi connectivity index (χ4n) is 7.58. The standard InChI is InChI=1S/C20H17FO3S.2C14H21N3O2S.C4H6O4.S/c1-12-17(9-13-3-6-15(7-4-13)25(2)24)16-8-5-14(21)10-19(16)18(12)11-20(22)23;2*1-15-20(18,19)10-11-4-5-14-13(8-11)12(9-16-14)6-7-17(2)3;5-3(6)1-2-4(7)8;/h3-10H,11H2,1-2H3,(H,22,23);2*4-5,8-9,15-16H,6-7,10H2,1-3H3;1-2H2,(H,5,6)(H,7,8);/b17-9-;;;;. The van der Waals surface area contributed by atoms with Gasteiger partial charge in [0.1, 0.15) is 12.1 Å². The second-order valence-electron chi connectivity index (χ2n) is 17.7. The van der Waals surface area contributed by atoms with Gasteiger partial charge in [0.05, 0.1) is 30.8 Å². The van der Waals surface area contributed by atoms with Crippen LogP contribution in [0.15, 0.2) is 102 Å². The molecule has 0 saturated carbocycles. The average molecular weight is 1100 g/mol. The van der Waals surface area contributed by atoms with Gasteiger partial charge in [-0.05, 0) is 196 Å². The smallest absolute Gasteiger partial charge is 0.307 e. The molecule has 22 heteroatoms. The lowest BCUT2D eigenvalue weighted by Crippen LogP contribution is -2.20. The van der Waals surface area contributed by atoms with Crippen LogP contribution in [0.1, 0.15) is 65.1 Å². The van der Waals surface area contributed by atoms with Crippen LogP contribution in [0.25, 0.3) is 39.0 Å². The van der Waals surface area contributed by atoms with E-state index < -0.39 is 49.1 Å². The zero-order chi connectivity index (χ0) is 54.2. The lowest BCUT2D eigenvalue weighted by Gasteiger charge is -2.08. The molecule has 0 spiro atoms. The number of aromatic amines is 2. The highest BCUT2D eigenvalue weighted by atomic mass is 32.2. The van der Waals surface area contributed by atoms with Gasteiger partial charge in [0.15, 0.2) is 4.90 Å². The molecule has 74 heavy (non-hydrogen) atoms. The molecule has 0 amide bonds. The van der Waals surface area contributed by atoms with Crippen molar-refractivity contribution < 1.29 is 55.5 Å². The number of fused-ring (bicyclic) bond motifs is 3. The Balaban J connectivity index is 0.000000273. The number of nitrogens with one attached hydrogen (secondary N) is 4. The van der Waals surface area contributed by atoms with Gasteiger partial charge >= 0.3 is 17.9 Å². The Kier molecular flexibility index (Phi) is 24.3. The highest BCUT2D eigenvalue weighted by molar-refractivity contribution is 7.90. The number of hydrogen-bond acceptors (Lipinski definition) is 10. The number of aliphatic carboxylic acids is 3. The van der Waals surface area contributed by atoms with Crippen LogP contribution in [0.4, 0.5) is 4.39 Å². The number of allylic oxidation sites excluding steroid dienone is 2. The Morgan fingerprint density at radius 1 is 0.689 bits per heavy atom. The molecule has 0 bridgehead atoms. The molecule has 2 radical (unpaired) electrons. The maximum atomic E-state index is 13.7. The van der Waals surface area contributed by atoms with Crippen LogP contribution in [0.5, 0.6) is 0 Å². The summed E-state index contributed by atoms with van der Waals surface area (Å²) in [5.41, 5.74) is 10.9. The molecule has 0 fully saturated rings. The predicted molar refractivity (Wildman–Crippen MR) is 294 cm³/mol. The molecule has 7 N–H and O–H groups in total. The van der Waals surface area contributed by atoms with E-state index in [9.17, 15) is 40.2 Å². The number of carboxylic acid groups (broad SMARTS) is 3. The number of carbonyl (C=O) groups is 3. The van der Waals surface area contributed by atoms with Crippen molar-refractivity contribution in [2.45, 2.75) is 55.4 Å². The minimum Gasteiger partial charge on any atom is -0.612 e. The molecule has 1 aliphatic carbocycles. The molecule has 4 aromatic carbocycles. The number of aromatic nitrogens is 2. The van der Waals surface area contributed by atoms with Crippen LogP contribution in [-0.2, 0) is 70.0 Å². The first kappa shape index (κ1) is 62.5. The van der Waals surface area contributed by atoms with E-state index in [4.69, 9.17) is 15.3 Å². The molecular formula is C52H65FN6O11S4. The van der Waals surface area contributed by atoms with Gasteiger partial charge in [0, 0.05) is 60.8 Å². The van der Waals surface area contributed by atoms with Gasteiger partial charge in [-0.1, -0.05) is 18.2 Å². The lowest BCUT2D eigenvalue weighted by atomic mass is 10.0. The number of benzene rings is 4. The lowest BCUT2D eigenvalue weighted by molar-refractivity contribution is -0.143. The molecular weight excluding hydrogens is 1030 g/mol. The van der Waals surface area contributed by atoms with Gasteiger partial charge in [-0.2, -0.15) is 0 Å². The monoisotopic (exact) mass is 1100 g/mol. The summed E-state index contributed by atoms with van der Waals surface area (Å²) in [5.74, 6) is -3.46. The van der Waals surface area contributed by atoms with Gasteiger partial charge < -0.3 is 39.6 Å². The number of carboxylic acids is 3. The Morgan fingerprint density at radius 3 is 1.54 bits per heavy atom. The van der Waals surface area contributed by atoms with Crippen molar-refractivity contribution in [3.63, 3.8) is 0 Å². The van der Waals surface area contributed by atoms with E-state index in [0.29, 0.717) is 11.1 Å². The molecule has 17 nitrogen and oxygen atoms in total. The largest absolute Gasteiger partial charge is 0.612 e. The molecule has 2 aromatic heterocycles. The van der Waals surface area contributed by atoms with E-state index in [2.05, 4.69) is 29.2 Å². The predicted octanol–water partition coefficient (Wildman–Crippen LogP) is 7.59. The summed E-state index contributed by atoms with van der Waals surface area (Å²) in [7, 11) is 4.58. The Morgan fingerprint density at radius 2 is 1.15 bits per heavy atom. The average Bonchev–Trinajstić information content (AvgIpc) is 4.00. The molecule has 1 aliphatic rings. The summed E-state index contributed by atoms with van der Waals surface area (Å²) >= 11 is -1.04. The number of sulfonamides is 2. The number of rotatable bonds is 19. The van der Waals surface area contributed by atoms with Gasteiger partial charge in [-0.15, -0.1) is 0 Å². The number of nitrogens with zero attached hydrogens (tertiary/aromatic N) is 2. The highest BCUT2D eigenvalue weighted by Gasteiger charge is 2.26. The number of hydrogen-bond donors (Lipinski definition) is 7. The summed E-state index contributed by atoms with van der Waals surface area (Å²) in [6.07, 6.45) is 8.72. The van der Waals surface area contributed by atoms with Crippen molar-refractivity contribution in [1.29, 1.82) is 0 Å². The minimum absolute atomic E-state index is 0. The summed E-state index contributed by atoms with van der Waals surface area (Å²) < 4.78 is 76.3. The van der Waals surface area contributed by atoms with Gasteiger partial charge in [0.2, 0.25) is 20.0 Å². The van der Waals surface area contributed by atoms with E-state index in [0.717, 1.165) is 86.0 Å².